The highest BCUT2D eigenvalue weighted by atomic mass is 31.2. The van der Waals surface area contributed by atoms with Crippen molar-refractivity contribution in [3.05, 3.63) is 0 Å². The van der Waals surface area contributed by atoms with E-state index in [1.807, 2.05) is 0 Å². The van der Waals surface area contributed by atoms with Crippen molar-refractivity contribution in [3.8, 4) is 0 Å². The van der Waals surface area contributed by atoms with Crippen LogP contribution in [0.2, 0.25) is 0 Å². The Morgan fingerprint density at radius 3 is 1.15 bits per heavy atom. The molecule has 0 saturated heterocycles. The maximum Gasteiger partial charge on any atom is 0.456 e. The molecule has 0 spiro atoms. The van der Waals surface area contributed by atoms with Crippen LogP contribution in [0.15, 0.2) is 0 Å². The van der Waals surface area contributed by atoms with Crippen LogP contribution in [0.4, 0.5) is 43.9 Å². The Morgan fingerprint density at radius 1 is 0.750 bits per heavy atom. The van der Waals surface area contributed by atoms with Crippen molar-refractivity contribution in [3.63, 3.8) is 0 Å². The molecule has 0 aliphatic rings. The van der Waals surface area contributed by atoms with Gasteiger partial charge in [-0.2, -0.15) is 43.9 Å². The summed E-state index contributed by atoms with van der Waals surface area (Å²) in [5.41, 5.74) is 0. The second-order valence-electron chi connectivity index (χ2n) is 3.17. The SMILES string of the molecule is O=P([O-])([O-])OC(C(F)(F)C(F)(F)F)C(F)(F)C(F)(F)F. The molecule has 0 atom stereocenters. The lowest BCUT2D eigenvalue weighted by Crippen LogP contribution is -2.61. The molecule has 0 aromatic rings. The van der Waals surface area contributed by atoms with Crippen LogP contribution >= 0.6 is 7.82 Å². The van der Waals surface area contributed by atoms with E-state index in [2.05, 4.69) is 4.52 Å². The van der Waals surface area contributed by atoms with Gasteiger partial charge in [-0.25, -0.2) is 0 Å². The number of alkyl halides is 10. The highest BCUT2D eigenvalue weighted by molar-refractivity contribution is 7.43. The average molecular weight is 346 g/mol. The fourth-order valence-electron chi connectivity index (χ4n) is 0.786. The first kappa shape index (κ1) is 19.4. The van der Waals surface area contributed by atoms with Crippen LogP contribution in [0.5, 0.6) is 0 Å². The van der Waals surface area contributed by atoms with E-state index >= 15 is 0 Å². The molecule has 4 nitrogen and oxygen atoms in total. The predicted octanol–water partition coefficient (Wildman–Crippen LogP) is 1.60. The van der Waals surface area contributed by atoms with Crippen molar-refractivity contribution < 1.29 is 62.8 Å². The van der Waals surface area contributed by atoms with E-state index < -0.39 is 38.1 Å². The quantitative estimate of drug-likeness (QED) is 0.573. The van der Waals surface area contributed by atoms with E-state index in [-0.39, 0.29) is 0 Å². The minimum atomic E-state index is -7.03. The van der Waals surface area contributed by atoms with E-state index in [1.54, 1.807) is 0 Å². The third-order valence-electron chi connectivity index (χ3n) is 1.65. The van der Waals surface area contributed by atoms with Crippen LogP contribution in [0.25, 0.3) is 0 Å². The molecule has 0 N–H and O–H groups in total. The third kappa shape index (κ3) is 3.96. The van der Waals surface area contributed by atoms with Gasteiger partial charge in [0.25, 0.3) is 0 Å². The first-order chi connectivity index (χ1) is 8.34. The van der Waals surface area contributed by atoms with E-state index in [0.29, 0.717) is 0 Å². The number of hydrogen-bond acceptors (Lipinski definition) is 4. The number of hydrogen-bond donors (Lipinski definition) is 0. The number of phosphoric ester groups is 1. The van der Waals surface area contributed by atoms with Gasteiger partial charge in [-0.1, -0.05) is 0 Å². The summed E-state index contributed by atoms with van der Waals surface area (Å²) in [5.74, 6) is -13.9. The zero-order chi connectivity index (χ0) is 16.8. The smallest absolute Gasteiger partial charge is 0.456 e. The van der Waals surface area contributed by atoms with Crippen molar-refractivity contribution in [1.29, 1.82) is 0 Å². The molecule has 0 bridgehead atoms. The highest BCUT2D eigenvalue weighted by Crippen LogP contribution is 2.52. The molecule has 0 aliphatic heterocycles. The zero-order valence-electron chi connectivity index (χ0n) is 8.44. The molecule has 122 valence electrons. The topological polar surface area (TPSA) is 72.4 Å². The Bertz CT molecular complexity index is 367. The van der Waals surface area contributed by atoms with Crippen molar-refractivity contribution in [2.24, 2.45) is 0 Å². The van der Waals surface area contributed by atoms with Gasteiger partial charge >= 0.3 is 24.2 Å². The summed E-state index contributed by atoms with van der Waals surface area (Å²) in [7, 11) is -7.01. The Hall–Kier alpha value is -0.590. The van der Waals surface area contributed by atoms with Crippen LogP contribution in [-0.4, -0.2) is 30.3 Å². The number of phosphoric acid groups is 1. The Kier molecular flexibility index (Phi) is 4.85. The predicted molar refractivity (Wildman–Crippen MR) is 34.5 cm³/mol. The summed E-state index contributed by atoms with van der Waals surface area (Å²) < 4.78 is 133. The van der Waals surface area contributed by atoms with Gasteiger partial charge in [-0.3, -0.25) is 0 Å². The first-order valence-electron chi connectivity index (χ1n) is 3.93. The van der Waals surface area contributed by atoms with E-state index in [9.17, 15) is 58.3 Å². The fraction of sp³-hybridized carbons (Fsp3) is 1.00. The third-order valence-corrected chi connectivity index (χ3v) is 2.12. The number of halogens is 10. The van der Waals surface area contributed by atoms with Gasteiger partial charge in [0.2, 0.25) is 6.10 Å². The van der Waals surface area contributed by atoms with Crippen molar-refractivity contribution in [2.45, 2.75) is 30.3 Å². The molecule has 0 aromatic heterocycles. The molecule has 0 unspecified atom stereocenters. The Morgan fingerprint density at radius 2 is 1.00 bits per heavy atom. The maximum absolute atomic E-state index is 12.5. The molecule has 0 radical (unpaired) electrons. The van der Waals surface area contributed by atoms with E-state index in [4.69, 9.17) is 0 Å². The maximum atomic E-state index is 12.5. The van der Waals surface area contributed by atoms with Crippen LogP contribution < -0.4 is 9.79 Å². The Balaban J connectivity index is 5.95. The van der Waals surface area contributed by atoms with Crippen molar-refractivity contribution in [1.82, 2.24) is 0 Å². The minimum absolute atomic E-state index is 2.12. The summed E-state index contributed by atoms with van der Waals surface area (Å²) >= 11 is 0. The minimum Gasteiger partial charge on any atom is -0.790 e. The standard InChI is InChI=1S/C5H3F10O4P/c6-2(7,4(10,11)12)1(19-20(16,17)18)3(8,9)5(13,14)15/h1H,(H2,16,17,18)/p-2. The van der Waals surface area contributed by atoms with Gasteiger partial charge in [0.1, 0.15) is 0 Å². The van der Waals surface area contributed by atoms with E-state index in [1.165, 1.54) is 0 Å². The van der Waals surface area contributed by atoms with Gasteiger partial charge in [-0.15, -0.1) is 0 Å². The van der Waals surface area contributed by atoms with Gasteiger partial charge in [0.05, 0.1) is 7.82 Å². The molecule has 0 fully saturated rings. The largest absolute Gasteiger partial charge is 0.790 e. The average Bonchev–Trinajstić information content (AvgIpc) is 2.08. The molecule has 15 heteroatoms. The molecule has 0 aromatic carbocycles. The second-order valence-corrected chi connectivity index (χ2v) is 4.28. The molecular formula is C5HF10O4P-2. The summed E-state index contributed by atoms with van der Waals surface area (Å²) in [6, 6.07) is 0. The van der Waals surface area contributed by atoms with Crippen LogP contribution in [0.3, 0.4) is 0 Å². The number of rotatable bonds is 4. The summed E-state index contributed by atoms with van der Waals surface area (Å²) in [4.78, 5) is 19.7. The van der Waals surface area contributed by atoms with E-state index in [0.717, 1.165) is 0 Å². The lowest BCUT2D eigenvalue weighted by molar-refractivity contribution is -0.404. The monoisotopic (exact) mass is 346 g/mol. The summed E-state index contributed by atoms with van der Waals surface area (Å²) in [5, 5.41) is 0. The molecule has 0 heterocycles. The van der Waals surface area contributed by atoms with Crippen LogP contribution in [0, 0.1) is 0 Å². The lowest BCUT2D eigenvalue weighted by Gasteiger charge is -2.40. The fourth-order valence-corrected chi connectivity index (χ4v) is 1.31. The molecule has 0 rings (SSSR count). The van der Waals surface area contributed by atoms with Gasteiger partial charge in [0, 0.05) is 0 Å². The molecule has 0 aliphatic carbocycles. The zero-order valence-corrected chi connectivity index (χ0v) is 9.33. The van der Waals surface area contributed by atoms with Gasteiger partial charge < -0.3 is 18.9 Å². The second kappa shape index (κ2) is 5.00. The molecular weight excluding hydrogens is 345 g/mol. The van der Waals surface area contributed by atoms with Crippen LogP contribution in [0.1, 0.15) is 0 Å². The highest BCUT2D eigenvalue weighted by Gasteiger charge is 2.77. The van der Waals surface area contributed by atoms with Gasteiger partial charge in [-0.05, 0) is 0 Å². The first-order valence-corrected chi connectivity index (χ1v) is 5.39. The van der Waals surface area contributed by atoms with Crippen LogP contribution in [-0.2, 0) is 9.09 Å². The summed E-state index contributed by atoms with van der Waals surface area (Å²) in [6.45, 7) is 0. The molecule has 0 saturated carbocycles. The van der Waals surface area contributed by atoms with Crippen molar-refractivity contribution >= 4 is 7.82 Å². The van der Waals surface area contributed by atoms with Crippen molar-refractivity contribution in [2.75, 3.05) is 0 Å². The Labute approximate surface area is 102 Å². The normalized spacial score (nSPS) is 15.8. The lowest BCUT2D eigenvalue weighted by atomic mass is 10.1. The van der Waals surface area contributed by atoms with Gasteiger partial charge in [0.15, 0.2) is 0 Å². The molecule has 20 heavy (non-hydrogen) atoms. The molecule has 0 amide bonds. The summed E-state index contributed by atoms with van der Waals surface area (Å²) in [6.07, 6.45) is -19.7.